The molecule has 0 unspecified atom stereocenters. The number of rotatable bonds is 6. The summed E-state index contributed by atoms with van der Waals surface area (Å²) in [6, 6.07) is 7.43. The molecule has 3 N–H and O–H groups in total. The second-order valence-corrected chi connectivity index (χ2v) is 6.01. The molecule has 27 heavy (non-hydrogen) atoms. The first-order valence-corrected chi connectivity index (χ1v) is 8.69. The van der Waals surface area contributed by atoms with Crippen LogP contribution in [0.4, 0.5) is 0 Å². The van der Waals surface area contributed by atoms with Gasteiger partial charge in [-0.1, -0.05) is 12.1 Å². The largest absolute Gasteiger partial charge is 0.505 e. The second-order valence-electron chi connectivity index (χ2n) is 5.63. The maximum Gasteiger partial charge on any atom is 0.216 e. The van der Waals surface area contributed by atoms with Crippen molar-refractivity contribution >= 4 is 18.4 Å². The minimum absolute atomic E-state index is 0.0448. The maximum absolute atomic E-state index is 10.3. The van der Waals surface area contributed by atoms with E-state index in [1.54, 1.807) is 6.92 Å². The van der Waals surface area contributed by atoms with Crippen LogP contribution in [0.15, 0.2) is 35.6 Å². The highest BCUT2D eigenvalue weighted by molar-refractivity contribution is 7.71. The zero-order valence-corrected chi connectivity index (χ0v) is 15.7. The molecular weight excluding hydrogens is 366 g/mol. The minimum atomic E-state index is -0.279. The average molecular weight is 385 g/mol. The van der Waals surface area contributed by atoms with E-state index in [0.717, 1.165) is 5.56 Å². The Hall–Kier alpha value is -3.04. The predicted molar refractivity (Wildman–Crippen MR) is 104 cm³/mol. The number of ether oxygens (including phenoxy) is 1. The molecule has 0 aliphatic carbocycles. The predicted octanol–water partition coefficient (Wildman–Crippen LogP) is 2.79. The van der Waals surface area contributed by atoms with Gasteiger partial charge in [-0.2, -0.15) is 14.9 Å². The lowest BCUT2D eigenvalue weighted by molar-refractivity contribution is 0.280. The van der Waals surface area contributed by atoms with Gasteiger partial charge in [-0.15, -0.1) is 0 Å². The topological polar surface area (TPSA) is 109 Å². The lowest BCUT2D eigenvalue weighted by Crippen LogP contribution is -2.01. The highest BCUT2D eigenvalue weighted by Crippen LogP contribution is 2.29. The van der Waals surface area contributed by atoms with Crippen molar-refractivity contribution in [2.45, 2.75) is 20.5 Å². The summed E-state index contributed by atoms with van der Waals surface area (Å²) in [5, 5.41) is 31.1. The summed E-state index contributed by atoms with van der Waals surface area (Å²) in [6.45, 7) is 3.80. The number of hydrogen-bond acceptors (Lipinski definition) is 7. The van der Waals surface area contributed by atoms with Gasteiger partial charge in [-0.3, -0.25) is 4.98 Å². The van der Waals surface area contributed by atoms with Crippen molar-refractivity contribution in [1.82, 2.24) is 19.9 Å². The lowest BCUT2D eigenvalue weighted by atomic mass is 10.1. The SMILES string of the molecule is CCOc1ccccc1-c1n[nH]c(=S)n1/N=C/c1c(CO)cnc(C)c1O. The van der Waals surface area contributed by atoms with Crippen molar-refractivity contribution in [2.24, 2.45) is 5.10 Å². The lowest BCUT2D eigenvalue weighted by Gasteiger charge is -2.09. The summed E-state index contributed by atoms with van der Waals surface area (Å²) < 4.78 is 7.37. The van der Waals surface area contributed by atoms with E-state index in [1.165, 1.54) is 17.1 Å². The number of hydrogen-bond donors (Lipinski definition) is 3. The van der Waals surface area contributed by atoms with Crippen LogP contribution in [0.2, 0.25) is 0 Å². The van der Waals surface area contributed by atoms with Gasteiger partial charge >= 0.3 is 0 Å². The van der Waals surface area contributed by atoms with Gasteiger partial charge in [0.25, 0.3) is 0 Å². The first kappa shape index (κ1) is 18.7. The number of benzene rings is 1. The molecule has 2 aromatic heterocycles. The van der Waals surface area contributed by atoms with Crippen LogP contribution in [-0.4, -0.2) is 42.9 Å². The van der Waals surface area contributed by atoms with Crippen LogP contribution in [-0.2, 0) is 6.61 Å². The number of para-hydroxylation sites is 1. The molecule has 0 radical (unpaired) electrons. The number of aromatic hydroxyl groups is 1. The Kier molecular flexibility index (Phi) is 5.63. The molecule has 3 aromatic rings. The molecule has 8 nitrogen and oxygen atoms in total. The van der Waals surface area contributed by atoms with Gasteiger partial charge in [-0.05, 0) is 38.2 Å². The summed E-state index contributed by atoms with van der Waals surface area (Å²) in [5.41, 5.74) is 1.98. The van der Waals surface area contributed by atoms with Gasteiger partial charge in [0.2, 0.25) is 4.77 Å². The number of aliphatic hydroxyl groups excluding tert-OH is 1. The molecule has 0 amide bonds. The van der Waals surface area contributed by atoms with Crippen LogP contribution >= 0.6 is 12.2 Å². The van der Waals surface area contributed by atoms with E-state index in [2.05, 4.69) is 20.3 Å². The van der Waals surface area contributed by atoms with Crippen molar-refractivity contribution in [3.63, 3.8) is 0 Å². The van der Waals surface area contributed by atoms with E-state index < -0.39 is 0 Å². The molecule has 3 rings (SSSR count). The Morgan fingerprint density at radius 2 is 2.15 bits per heavy atom. The standard InChI is InChI=1S/C18H19N5O3S/c1-3-26-15-7-5-4-6-13(15)17-21-22-18(27)23(17)20-9-14-12(10-24)8-19-11(2)16(14)25/h4-9,24-25H,3,10H2,1-2H3,(H,22,27)/b20-9+. The van der Waals surface area contributed by atoms with Gasteiger partial charge in [0.1, 0.15) is 11.5 Å². The Morgan fingerprint density at radius 1 is 1.37 bits per heavy atom. The molecule has 9 heteroatoms. The number of nitrogens with zero attached hydrogens (tertiary/aromatic N) is 4. The minimum Gasteiger partial charge on any atom is -0.505 e. The molecule has 0 spiro atoms. The highest BCUT2D eigenvalue weighted by Gasteiger charge is 2.14. The van der Waals surface area contributed by atoms with Crippen LogP contribution in [0, 0.1) is 11.7 Å². The summed E-state index contributed by atoms with van der Waals surface area (Å²) in [4.78, 5) is 4.04. The van der Waals surface area contributed by atoms with E-state index in [4.69, 9.17) is 17.0 Å². The van der Waals surface area contributed by atoms with E-state index in [1.807, 2.05) is 31.2 Å². The third-order valence-electron chi connectivity index (χ3n) is 3.91. The van der Waals surface area contributed by atoms with Crippen molar-refractivity contribution < 1.29 is 14.9 Å². The summed E-state index contributed by atoms with van der Waals surface area (Å²) in [5.74, 6) is 1.08. The van der Waals surface area contributed by atoms with Crippen LogP contribution in [0.3, 0.4) is 0 Å². The molecule has 0 aliphatic rings. The zero-order chi connectivity index (χ0) is 19.4. The molecule has 2 heterocycles. The van der Waals surface area contributed by atoms with Crippen LogP contribution in [0.25, 0.3) is 11.4 Å². The van der Waals surface area contributed by atoms with Gasteiger partial charge < -0.3 is 14.9 Å². The molecule has 0 bridgehead atoms. The number of pyridine rings is 1. The maximum atomic E-state index is 10.3. The molecule has 0 atom stereocenters. The molecule has 0 saturated carbocycles. The van der Waals surface area contributed by atoms with Crippen molar-refractivity contribution in [3.05, 3.63) is 52.1 Å². The Morgan fingerprint density at radius 3 is 2.89 bits per heavy atom. The first-order chi connectivity index (χ1) is 13.1. The van der Waals surface area contributed by atoms with Crippen LogP contribution < -0.4 is 4.74 Å². The van der Waals surface area contributed by atoms with Crippen molar-refractivity contribution in [3.8, 4) is 22.9 Å². The number of aliphatic hydroxyl groups is 1. The Labute approximate surface area is 160 Å². The molecule has 140 valence electrons. The number of aromatic nitrogens is 4. The zero-order valence-electron chi connectivity index (χ0n) is 14.9. The van der Waals surface area contributed by atoms with E-state index in [-0.39, 0.29) is 17.1 Å². The molecule has 0 fully saturated rings. The fraction of sp³-hybridized carbons (Fsp3) is 0.222. The third kappa shape index (κ3) is 3.74. The fourth-order valence-corrected chi connectivity index (χ4v) is 2.72. The van der Waals surface area contributed by atoms with Crippen LogP contribution in [0.1, 0.15) is 23.7 Å². The smallest absolute Gasteiger partial charge is 0.216 e. The summed E-state index contributed by atoms with van der Waals surface area (Å²) >= 11 is 5.28. The quantitative estimate of drug-likeness (QED) is 0.445. The number of aryl methyl sites for hydroxylation is 1. The van der Waals surface area contributed by atoms with E-state index >= 15 is 0 Å². The van der Waals surface area contributed by atoms with Crippen molar-refractivity contribution in [2.75, 3.05) is 6.61 Å². The summed E-state index contributed by atoms with van der Waals surface area (Å²) in [6.07, 6.45) is 2.92. The van der Waals surface area contributed by atoms with Gasteiger partial charge in [0.15, 0.2) is 5.82 Å². The fourth-order valence-electron chi connectivity index (χ4n) is 2.54. The second kappa shape index (κ2) is 8.11. The molecule has 0 saturated heterocycles. The molecule has 1 aromatic carbocycles. The van der Waals surface area contributed by atoms with E-state index in [0.29, 0.717) is 35.0 Å². The monoisotopic (exact) mass is 385 g/mol. The van der Waals surface area contributed by atoms with Crippen molar-refractivity contribution in [1.29, 1.82) is 0 Å². The molecule has 0 aliphatic heterocycles. The average Bonchev–Trinajstić information content (AvgIpc) is 3.04. The third-order valence-corrected chi connectivity index (χ3v) is 4.17. The Bertz CT molecular complexity index is 1040. The van der Waals surface area contributed by atoms with Gasteiger partial charge in [0.05, 0.1) is 30.7 Å². The Balaban J connectivity index is 2.09. The summed E-state index contributed by atoms with van der Waals surface area (Å²) in [7, 11) is 0. The molecular formula is C18H19N5O3S. The number of nitrogens with one attached hydrogen (secondary N) is 1. The normalized spacial score (nSPS) is 11.2. The van der Waals surface area contributed by atoms with Gasteiger partial charge in [-0.25, -0.2) is 5.10 Å². The van der Waals surface area contributed by atoms with Crippen LogP contribution in [0.5, 0.6) is 11.5 Å². The number of aromatic amines is 1. The first-order valence-electron chi connectivity index (χ1n) is 8.29. The van der Waals surface area contributed by atoms with E-state index in [9.17, 15) is 10.2 Å². The number of H-pyrrole nitrogens is 1. The van der Waals surface area contributed by atoms with Gasteiger partial charge in [0, 0.05) is 17.3 Å². The highest BCUT2D eigenvalue weighted by atomic mass is 32.1.